The molecule has 0 bridgehead atoms. The maximum atomic E-state index is 14.6. The maximum absolute atomic E-state index is 14.6. The van der Waals surface area contributed by atoms with Crippen LogP contribution in [0.25, 0.3) is 0 Å². The normalized spacial score (nSPS) is 30.3. The monoisotopic (exact) mass is 569 g/mol. The number of nitrogens with zero attached hydrogens (tertiary/aromatic N) is 3. The van der Waals surface area contributed by atoms with Gasteiger partial charge in [-0.25, -0.2) is 0 Å². The predicted octanol–water partition coefficient (Wildman–Crippen LogP) is 3.55. The fourth-order valence-electron chi connectivity index (χ4n) is 7.38. The number of aliphatic hydroxyl groups excluding tert-OH is 1. The van der Waals surface area contributed by atoms with E-state index < -0.39 is 29.1 Å². The quantitative estimate of drug-likeness (QED) is 0.407. The molecule has 0 radical (unpaired) electrons. The second-order valence-electron chi connectivity index (χ2n) is 12.2. The third-order valence-corrected chi connectivity index (χ3v) is 9.32. The minimum absolute atomic E-state index is 0.00134. The van der Waals surface area contributed by atoms with Gasteiger partial charge in [0.15, 0.2) is 0 Å². The minimum atomic E-state index is -1.30. The Hall–Kier alpha value is -3.75. The molecule has 5 atom stereocenters. The first-order valence-electron chi connectivity index (χ1n) is 14.9. The van der Waals surface area contributed by atoms with Crippen molar-refractivity contribution >= 4 is 23.4 Å². The molecule has 1 unspecified atom stereocenters. The first-order valence-corrected chi connectivity index (χ1v) is 14.9. The Morgan fingerprint density at radius 3 is 2.43 bits per heavy atom. The van der Waals surface area contributed by atoms with Crippen molar-refractivity contribution in [2.45, 2.75) is 57.4 Å². The number of carbonyl (C=O) groups is 3. The molecule has 2 saturated heterocycles. The van der Waals surface area contributed by atoms with Crippen LogP contribution in [0.5, 0.6) is 0 Å². The number of unbranched alkanes of at least 4 members (excludes halogenated alkanes) is 1. The molecule has 4 aliphatic rings. The summed E-state index contributed by atoms with van der Waals surface area (Å²) in [5.74, 6) is -2.24. The van der Waals surface area contributed by atoms with E-state index in [0.29, 0.717) is 39.0 Å². The first-order chi connectivity index (χ1) is 20.2. The second kappa shape index (κ2) is 10.8. The second-order valence-corrected chi connectivity index (χ2v) is 12.2. The molecule has 2 aromatic carbocycles. The summed E-state index contributed by atoms with van der Waals surface area (Å²) in [5, 5.41) is 9.47. The van der Waals surface area contributed by atoms with Crippen molar-refractivity contribution in [3.8, 4) is 0 Å². The van der Waals surface area contributed by atoms with Crippen molar-refractivity contribution in [1.29, 1.82) is 0 Å². The molecule has 220 valence electrons. The molecule has 42 heavy (non-hydrogen) atoms. The standard InChI is InChI=1S/C34H39N3O5/c1-23-13-14-24(2)26(21-23)36-19-10-16-34-28(31(40)37(18-7-8-20-38)29(34)32(36)41)27-30(39)35(17-9-15-33(27,3)42-34)22-25-11-5-4-6-12-25/h4-6,9-16,21,27-29,38H,7-8,17-20,22H2,1-3H3/t27-,28+,29?,33+,34+/m1/s1. The molecule has 4 heterocycles. The number of aryl methyl sites for hydroxylation is 2. The van der Waals surface area contributed by atoms with Gasteiger partial charge in [0.2, 0.25) is 11.8 Å². The number of amides is 3. The Morgan fingerprint density at radius 2 is 1.67 bits per heavy atom. The number of ether oxygens (including phenoxy) is 1. The molecule has 2 fully saturated rings. The minimum Gasteiger partial charge on any atom is -0.396 e. The Kier molecular flexibility index (Phi) is 7.31. The first kappa shape index (κ1) is 28.4. The molecule has 0 aliphatic carbocycles. The number of carbonyl (C=O) groups excluding carboxylic acids is 3. The van der Waals surface area contributed by atoms with Crippen LogP contribution in [0.1, 0.15) is 36.5 Å². The van der Waals surface area contributed by atoms with Crippen molar-refractivity contribution in [2.24, 2.45) is 11.8 Å². The summed E-state index contributed by atoms with van der Waals surface area (Å²) in [7, 11) is 0. The fourth-order valence-corrected chi connectivity index (χ4v) is 7.38. The molecule has 0 aromatic heterocycles. The number of rotatable bonds is 7. The molecular weight excluding hydrogens is 530 g/mol. The molecule has 1 spiro atoms. The fraction of sp³-hybridized carbons (Fsp3) is 0.441. The lowest BCUT2D eigenvalue weighted by atomic mass is 9.74. The lowest BCUT2D eigenvalue weighted by Gasteiger charge is -2.37. The number of hydrogen-bond acceptors (Lipinski definition) is 5. The zero-order valence-electron chi connectivity index (χ0n) is 24.5. The average molecular weight is 570 g/mol. The van der Waals surface area contributed by atoms with Crippen molar-refractivity contribution in [3.05, 3.63) is 89.5 Å². The van der Waals surface area contributed by atoms with Gasteiger partial charge in [-0.2, -0.15) is 0 Å². The number of benzene rings is 2. The van der Waals surface area contributed by atoms with Crippen LogP contribution >= 0.6 is 0 Å². The number of likely N-dealkylation sites (tertiary alicyclic amines) is 1. The van der Waals surface area contributed by atoms with Gasteiger partial charge in [0.1, 0.15) is 11.6 Å². The molecular formula is C34H39N3O5. The van der Waals surface area contributed by atoms with Crippen LogP contribution in [-0.2, 0) is 25.7 Å². The smallest absolute Gasteiger partial charge is 0.253 e. The van der Waals surface area contributed by atoms with Gasteiger partial charge in [-0.15, -0.1) is 0 Å². The van der Waals surface area contributed by atoms with Crippen molar-refractivity contribution in [3.63, 3.8) is 0 Å². The zero-order chi connectivity index (χ0) is 29.6. The summed E-state index contributed by atoms with van der Waals surface area (Å²) >= 11 is 0. The maximum Gasteiger partial charge on any atom is 0.253 e. The third kappa shape index (κ3) is 4.48. The highest BCUT2D eigenvalue weighted by Gasteiger charge is 2.74. The number of aliphatic hydroxyl groups is 1. The molecule has 8 nitrogen and oxygen atoms in total. The molecule has 8 heteroatoms. The summed E-state index contributed by atoms with van der Waals surface area (Å²) in [6.45, 7) is 7.31. The molecule has 4 aliphatic heterocycles. The van der Waals surface area contributed by atoms with Crippen LogP contribution in [0.2, 0.25) is 0 Å². The molecule has 0 saturated carbocycles. The van der Waals surface area contributed by atoms with E-state index in [1.54, 1.807) is 14.7 Å². The van der Waals surface area contributed by atoms with Crippen LogP contribution in [0.4, 0.5) is 5.69 Å². The average Bonchev–Trinajstić information content (AvgIpc) is 3.24. The van der Waals surface area contributed by atoms with Gasteiger partial charge in [0.25, 0.3) is 5.91 Å². The highest BCUT2D eigenvalue weighted by molar-refractivity contribution is 6.06. The van der Waals surface area contributed by atoms with Gasteiger partial charge in [-0.1, -0.05) is 66.8 Å². The summed E-state index contributed by atoms with van der Waals surface area (Å²) in [6, 6.07) is 14.9. The zero-order valence-corrected chi connectivity index (χ0v) is 24.5. The third-order valence-electron chi connectivity index (χ3n) is 9.32. The van der Waals surface area contributed by atoms with E-state index in [-0.39, 0.29) is 24.3 Å². The SMILES string of the molecule is Cc1ccc(C)c(N2CC=C[C@]34O[C@@]5(C)C=CCN(Cc6ccccc6)C(=O)[C@H]5[C@H]3C(=O)N(CCCCO)C4C2=O)c1. The van der Waals surface area contributed by atoms with Gasteiger partial charge < -0.3 is 24.5 Å². The predicted molar refractivity (Wildman–Crippen MR) is 159 cm³/mol. The lowest BCUT2D eigenvalue weighted by Crippen LogP contribution is -2.56. The van der Waals surface area contributed by atoms with Crippen LogP contribution in [0.3, 0.4) is 0 Å². The van der Waals surface area contributed by atoms with Crippen molar-refractivity contribution in [1.82, 2.24) is 9.80 Å². The highest BCUT2D eigenvalue weighted by Crippen LogP contribution is 2.57. The van der Waals surface area contributed by atoms with Gasteiger partial charge in [0.05, 0.1) is 17.4 Å². The molecule has 6 rings (SSSR count). The largest absolute Gasteiger partial charge is 0.396 e. The number of fused-ring (bicyclic) bond motifs is 2. The van der Waals surface area contributed by atoms with E-state index in [1.165, 1.54) is 0 Å². The van der Waals surface area contributed by atoms with Crippen LogP contribution < -0.4 is 4.90 Å². The summed E-state index contributed by atoms with van der Waals surface area (Å²) in [5.41, 5.74) is 1.45. The number of anilines is 1. The van der Waals surface area contributed by atoms with E-state index >= 15 is 0 Å². The van der Waals surface area contributed by atoms with Gasteiger partial charge in [0, 0.05) is 38.5 Å². The van der Waals surface area contributed by atoms with Crippen molar-refractivity contribution < 1.29 is 24.2 Å². The van der Waals surface area contributed by atoms with E-state index in [9.17, 15) is 19.5 Å². The Balaban J connectivity index is 1.43. The molecule has 2 aromatic rings. The van der Waals surface area contributed by atoms with Gasteiger partial charge in [-0.05, 0) is 56.4 Å². The summed E-state index contributed by atoms with van der Waals surface area (Å²) < 4.78 is 6.93. The van der Waals surface area contributed by atoms with Gasteiger partial charge in [-0.3, -0.25) is 14.4 Å². The topological polar surface area (TPSA) is 90.4 Å². The van der Waals surface area contributed by atoms with Crippen LogP contribution in [-0.4, -0.2) is 76.1 Å². The number of hydrogen-bond donors (Lipinski definition) is 1. The van der Waals surface area contributed by atoms with Crippen LogP contribution in [0, 0.1) is 25.7 Å². The lowest BCUT2D eigenvalue weighted by molar-refractivity contribution is -0.148. The highest BCUT2D eigenvalue weighted by atomic mass is 16.5. The Bertz CT molecular complexity index is 1450. The van der Waals surface area contributed by atoms with Gasteiger partial charge >= 0.3 is 0 Å². The van der Waals surface area contributed by atoms with Crippen molar-refractivity contribution in [2.75, 3.05) is 31.1 Å². The summed E-state index contributed by atoms with van der Waals surface area (Å²) in [4.78, 5) is 48.6. The molecule has 1 N–H and O–H groups in total. The van der Waals surface area contributed by atoms with E-state index in [0.717, 1.165) is 22.4 Å². The summed E-state index contributed by atoms with van der Waals surface area (Å²) in [6.07, 6.45) is 8.71. The van der Waals surface area contributed by atoms with E-state index in [4.69, 9.17) is 4.74 Å². The Morgan fingerprint density at radius 1 is 0.905 bits per heavy atom. The van der Waals surface area contributed by atoms with E-state index in [2.05, 4.69) is 0 Å². The van der Waals surface area contributed by atoms with E-state index in [1.807, 2.05) is 93.6 Å². The van der Waals surface area contributed by atoms with Crippen LogP contribution in [0.15, 0.2) is 72.8 Å². The Labute approximate surface area is 247 Å². The molecule has 3 amide bonds.